The van der Waals surface area contributed by atoms with Crippen molar-refractivity contribution in [2.45, 2.75) is 6.61 Å². The Labute approximate surface area is 172 Å². The zero-order valence-corrected chi connectivity index (χ0v) is 16.0. The smallest absolute Gasteiger partial charge is 0.330 e. The minimum Gasteiger partial charge on any atom is -0.392 e. The summed E-state index contributed by atoms with van der Waals surface area (Å²) in [4.78, 5) is 31.9. The zero-order chi connectivity index (χ0) is 20.9. The molecule has 2 aromatic carbocycles. The van der Waals surface area contributed by atoms with Crippen molar-refractivity contribution in [1.82, 2.24) is 14.5 Å². The molecule has 0 aliphatic rings. The van der Waals surface area contributed by atoms with E-state index >= 15 is 0 Å². The van der Waals surface area contributed by atoms with Crippen molar-refractivity contribution in [3.8, 4) is 16.9 Å². The Morgan fingerprint density at radius 3 is 2.67 bits per heavy atom. The van der Waals surface area contributed by atoms with Crippen LogP contribution < -0.4 is 5.69 Å². The van der Waals surface area contributed by atoms with Gasteiger partial charge in [0.25, 0.3) is 0 Å². The normalized spacial score (nSPS) is 11.1. The van der Waals surface area contributed by atoms with E-state index in [4.69, 9.17) is 5.11 Å². The number of ketones is 1. The fourth-order valence-corrected chi connectivity index (χ4v) is 3.07. The van der Waals surface area contributed by atoms with E-state index in [1.807, 2.05) is 30.3 Å². The molecule has 6 heteroatoms. The lowest BCUT2D eigenvalue weighted by atomic mass is 10.1. The van der Waals surface area contributed by atoms with Crippen LogP contribution in [0.15, 0.2) is 90.1 Å². The molecule has 6 nitrogen and oxygen atoms in total. The highest BCUT2D eigenvalue weighted by atomic mass is 16.3. The molecule has 0 amide bonds. The van der Waals surface area contributed by atoms with Crippen LogP contribution in [0, 0.1) is 0 Å². The van der Waals surface area contributed by atoms with Crippen molar-refractivity contribution in [3.05, 3.63) is 113 Å². The van der Waals surface area contributed by atoms with Crippen molar-refractivity contribution >= 4 is 11.9 Å². The summed E-state index contributed by atoms with van der Waals surface area (Å²) in [5.41, 5.74) is 3.91. The van der Waals surface area contributed by atoms with Crippen LogP contribution >= 0.6 is 0 Å². The largest absolute Gasteiger partial charge is 0.392 e. The van der Waals surface area contributed by atoms with Gasteiger partial charge in [0, 0.05) is 29.7 Å². The number of allylic oxidation sites excluding steroid dienone is 1. The number of carbonyl (C=O) groups is 1. The number of aliphatic hydroxyl groups is 1. The van der Waals surface area contributed by atoms with Gasteiger partial charge in [-0.05, 0) is 41.5 Å². The first-order valence-corrected chi connectivity index (χ1v) is 9.39. The minimum atomic E-state index is -0.294. The van der Waals surface area contributed by atoms with Gasteiger partial charge in [-0.15, -0.1) is 0 Å². The van der Waals surface area contributed by atoms with E-state index in [1.54, 1.807) is 55.0 Å². The maximum atomic E-state index is 12.6. The average molecular weight is 397 g/mol. The first kappa shape index (κ1) is 19.3. The SMILES string of the molecule is O=C(/C=C/c1ccc(CO)cc1)c1cccc(-n2cc(-c3cccnc3)[nH]c2=O)c1. The Bertz CT molecular complexity index is 1250. The Kier molecular flexibility index (Phi) is 5.50. The quantitative estimate of drug-likeness (QED) is 0.384. The fraction of sp³-hybridized carbons (Fsp3) is 0.0417. The molecule has 0 fully saturated rings. The third-order valence-corrected chi connectivity index (χ3v) is 4.69. The number of benzene rings is 2. The highest BCUT2D eigenvalue weighted by molar-refractivity contribution is 6.07. The van der Waals surface area contributed by atoms with Gasteiger partial charge >= 0.3 is 5.69 Å². The molecule has 0 unspecified atom stereocenters. The van der Waals surface area contributed by atoms with Crippen LogP contribution in [0.3, 0.4) is 0 Å². The van der Waals surface area contributed by atoms with E-state index in [0.29, 0.717) is 16.9 Å². The number of carbonyl (C=O) groups excluding carboxylic acids is 1. The van der Waals surface area contributed by atoms with Crippen LogP contribution in [0.1, 0.15) is 21.5 Å². The molecule has 30 heavy (non-hydrogen) atoms. The second-order valence-electron chi connectivity index (χ2n) is 6.73. The van der Waals surface area contributed by atoms with Crippen LogP contribution in [0.4, 0.5) is 0 Å². The van der Waals surface area contributed by atoms with Gasteiger partial charge < -0.3 is 10.1 Å². The molecule has 0 atom stereocenters. The molecule has 2 N–H and O–H groups in total. The molecule has 0 saturated carbocycles. The number of pyridine rings is 1. The zero-order valence-electron chi connectivity index (χ0n) is 16.0. The Morgan fingerprint density at radius 2 is 1.93 bits per heavy atom. The monoisotopic (exact) mass is 397 g/mol. The number of imidazole rings is 1. The highest BCUT2D eigenvalue weighted by Gasteiger charge is 2.09. The molecule has 0 bridgehead atoms. The number of nitrogens with one attached hydrogen (secondary N) is 1. The van der Waals surface area contributed by atoms with Crippen LogP contribution in [-0.4, -0.2) is 25.4 Å². The van der Waals surface area contributed by atoms with Crippen molar-refractivity contribution in [1.29, 1.82) is 0 Å². The number of aliphatic hydroxyl groups excluding tert-OH is 1. The Morgan fingerprint density at radius 1 is 1.10 bits per heavy atom. The lowest BCUT2D eigenvalue weighted by Crippen LogP contribution is -2.14. The van der Waals surface area contributed by atoms with Crippen molar-refractivity contribution in [2.24, 2.45) is 0 Å². The van der Waals surface area contributed by atoms with Crippen molar-refractivity contribution in [3.63, 3.8) is 0 Å². The Hall–Kier alpha value is -4.03. The van der Waals surface area contributed by atoms with Gasteiger partial charge in [-0.1, -0.05) is 42.5 Å². The predicted molar refractivity (Wildman–Crippen MR) is 115 cm³/mol. The molecule has 4 rings (SSSR count). The Balaban J connectivity index is 1.58. The molecule has 4 aromatic rings. The standard InChI is InChI=1S/C24H19N3O3/c28-16-18-8-6-17(7-9-18)10-11-23(29)19-3-1-5-21(13-19)27-15-22(26-24(27)30)20-4-2-12-25-14-20/h1-15,28H,16H2,(H,26,30)/b11-10+. The van der Waals surface area contributed by atoms with E-state index in [0.717, 1.165) is 16.7 Å². The third kappa shape index (κ3) is 4.19. The van der Waals surface area contributed by atoms with E-state index in [-0.39, 0.29) is 18.1 Å². The number of rotatable bonds is 6. The molecule has 2 heterocycles. The molecule has 0 radical (unpaired) electrons. The van der Waals surface area contributed by atoms with Gasteiger partial charge in [-0.25, -0.2) is 4.79 Å². The predicted octanol–water partition coefficient (Wildman–Crippen LogP) is 3.62. The number of hydrogen-bond acceptors (Lipinski definition) is 4. The minimum absolute atomic E-state index is 0.0171. The molecule has 0 aliphatic heterocycles. The molecule has 2 aromatic heterocycles. The number of hydrogen-bond donors (Lipinski definition) is 2. The van der Waals surface area contributed by atoms with Gasteiger partial charge in [-0.3, -0.25) is 14.3 Å². The topological polar surface area (TPSA) is 88.0 Å². The lowest BCUT2D eigenvalue weighted by molar-refractivity contribution is 0.104. The number of aromatic nitrogens is 3. The molecular formula is C24H19N3O3. The summed E-state index contributed by atoms with van der Waals surface area (Å²) in [5, 5.41) is 9.10. The maximum Gasteiger partial charge on any atom is 0.330 e. The molecular weight excluding hydrogens is 378 g/mol. The van der Waals surface area contributed by atoms with Gasteiger partial charge in [-0.2, -0.15) is 0 Å². The summed E-state index contributed by atoms with van der Waals surface area (Å²) in [6.07, 6.45) is 8.25. The van der Waals surface area contributed by atoms with Crippen LogP contribution in [0.2, 0.25) is 0 Å². The summed E-state index contributed by atoms with van der Waals surface area (Å²) in [6.45, 7) is -0.0171. The first-order valence-electron chi connectivity index (χ1n) is 9.39. The summed E-state index contributed by atoms with van der Waals surface area (Å²) >= 11 is 0. The summed E-state index contributed by atoms with van der Waals surface area (Å²) in [6, 6.07) is 17.9. The van der Waals surface area contributed by atoms with Crippen LogP contribution in [-0.2, 0) is 6.61 Å². The van der Waals surface area contributed by atoms with Gasteiger partial charge in [0.15, 0.2) is 5.78 Å². The molecule has 0 aliphatic carbocycles. The number of aromatic amines is 1. The van der Waals surface area contributed by atoms with Crippen molar-refractivity contribution in [2.75, 3.05) is 0 Å². The van der Waals surface area contributed by atoms with E-state index < -0.39 is 0 Å². The third-order valence-electron chi connectivity index (χ3n) is 4.69. The summed E-state index contributed by atoms with van der Waals surface area (Å²) < 4.78 is 1.47. The van der Waals surface area contributed by atoms with Gasteiger partial charge in [0.1, 0.15) is 0 Å². The van der Waals surface area contributed by atoms with E-state index in [2.05, 4.69) is 9.97 Å². The van der Waals surface area contributed by atoms with Crippen LogP contribution in [0.5, 0.6) is 0 Å². The number of nitrogens with zero attached hydrogens (tertiary/aromatic N) is 2. The highest BCUT2D eigenvalue weighted by Crippen LogP contribution is 2.17. The van der Waals surface area contributed by atoms with E-state index in [9.17, 15) is 9.59 Å². The second-order valence-corrected chi connectivity index (χ2v) is 6.73. The lowest BCUT2D eigenvalue weighted by Gasteiger charge is -2.03. The number of H-pyrrole nitrogens is 1. The van der Waals surface area contributed by atoms with E-state index in [1.165, 1.54) is 10.6 Å². The fourth-order valence-electron chi connectivity index (χ4n) is 3.07. The molecule has 148 valence electrons. The summed E-state index contributed by atoms with van der Waals surface area (Å²) in [7, 11) is 0. The first-order chi connectivity index (χ1) is 14.6. The summed E-state index contributed by atoms with van der Waals surface area (Å²) in [5.74, 6) is -0.167. The van der Waals surface area contributed by atoms with Crippen LogP contribution in [0.25, 0.3) is 23.0 Å². The van der Waals surface area contributed by atoms with Gasteiger partial charge in [0.05, 0.1) is 18.0 Å². The average Bonchev–Trinajstić information content (AvgIpc) is 3.20. The van der Waals surface area contributed by atoms with Gasteiger partial charge in [0.2, 0.25) is 0 Å². The molecule has 0 spiro atoms. The van der Waals surface area contributed by atoms with Crippen molar-refractivity contribution < 1.29 is 9.90 Å². The maximum absolute atomic E-state index is 12.6. The molecule has 0 saturated heterocycles. The second kappa shape index (κ2) is 8.55.